The van der Waals surface area contributed by atoms with Gasteiger partial charge in [-0.1, -0.05) is 0 Å². The van der Waals surface area contributed by atoms with E-state index in [0.29, 0.717) is 6.42 Å². The Hall–Kier alpha value is -1.10. The highest BCUT2D eigenvalue weighted by atomic mass is 16.2. The minimum atomic E-state index is -0.573. The van der Waals surface area contributed by atoms with Crippen molar-refractivity contribution in [3.63, 3.8) is 0 Å². The highest BCUT2D eigenvalue weighted by Gasteiger charge is 2.32. The van der Waals surface area contributed by atoms with E-state index >= 15 is 0 Å². The van der Waals surface area contributed by atoms with E-state index in [1.54, 1.807) is 0 Å². The van der Waals surface area contributed by atoms with E-state index in [4.69, 9.17) is 11.5 Å². The predicted molar refractivity (Wildman–Crippen MR) is 42.9 cm³/mol. The van der Waals surface area contributed by atoms with Gasteiger partial charge in [-0.05, 0) is 19.4 Å². The molecule has 12 heavy (non-hydrogen) atoms. The summed E-state index contributed by atoms with van der Waals surface area (Å²) in [6.45, 7) is 0.720. The normalized spacial score (nSPS) is 29.7. The summed E-state index contributed by atoms with van der Waals surface area (Å²) in [6, 6.07) is -0.573. The van der Waals surface area contributed by atoms with Crippen LogP contribution in [-0.2, 0) is 9.59 Å². The first-order valence-corrected chi connectivity index (χ1v) is 3.95. The zero-order valence-electron chi connectivity index (χ0n) is 6.75. The fraction of sp³-hybridized carbons (Fsp3) is 0.714. The van der Waals surface area contributed by atoms with Crippen molar-refractivity contribution in [3.05, 3.63) is 0 Å². The fourth-order valence-electron chi connectivity index (χ4n) is 1.49. The van der Waals surface area contributed by atoms with Gasteiger partial charge in [0.15, 0.2) is 0 Å². The molecule has 5 N–H and O–H groups in total. The zero-order valence-corrected chi connectivity index (χ0v) is 6.75. The topological polar surface area (TPSA) is 98.2 Å². The van der Waals surface area contributed by atoms with Crippen molar-refractivity contribution in [1.29, 1.82) is 0 Å². The second-order valence-corrected chi connectivity index (χ2v) is 2.99. The number of rotatable bonds is 2. The Morgan fingerprint density at radius 1 is 1.25 bits per heavy atom. The molecule has 1 fully saturated rings. The number of hydrogen-bond acceptors (Lipinski definition) is 3. The van der Waals surface area contributed by atoms with E-state index in [0.717, 1.165) is 13.0 Å². The van der Waals surface area contributed by atoms with Crippen LogP contribution in [0.4, 0.5) is 0 Å². The number of carbonyl (C=O) groups is 2. The number of primary amides is 2. The molecule has 0 aromatic heterocycles. The largest absolute Gasteiger partial charge is 0.369 e. The molecule has 5 nitrogen and oxygen atoms in total. The lowest BCUT2D eigenvalue weighted by Gasteiger charge is -2.27. The summed E-state index contributed by atoms with van der Waals surface area (Å²) in [4.78, 5) is 21.7. The van der Waals surface area contributed by atoms with Crippen LogP contribution in [0, 0.1) is 5.92 Å². The zero-order chi connectivity index (χ0) is 9.14. The van der Waals surface area contributed by atoms with Crippen LogP contribution in [0.5, 0.6) is 0 Å². The average Bonchev–Trinajstić information content (AvgIpc) is 2.04. The molecule has 2 amide bonds. The van der Waals surface area contributed by atoms with Gasteiger partial charge in [0.1, 0.15) is 0 Å². The van der Waals surface area contributed by atoms with Crippen LogP contribution in [0.2, 0.25) is 0 Å². The third-order valence-electron chi connectivity index (χ3n) is 2.13. The smallest absolute Gasteiger partial charge is 0.235 e. The molecule has 0 aliphatic carbocycles. The molecule has 0 spiro atoms. The van der Waals surface area contributed by atoms with Gasteiger partial charge in [-0.25, -0.2) is 0 Å². The van der Waals surface area contributed by atoms with Crippen molar-refractivity contribution in [2.24, 2.45) is 17.4 Å². The van der Waals surface area contributed by atoms with E-state index in [-0.39, 0.29) is 0 Å². The molecule has 2 atom stereocenters. The highest BCUT2D eigenvalue weighted by Crippen LogP contribution is 2.15. The first-order valence-electron chi connectivity index (χ1n) is 3.95. The number of amides is 2. The van der Waals surface area contributed by atoms with Crippen molar-refractivity contribution in [2.75, 3.05) is 6.54 Å². The molecular weight excluding hydrogens is 158 g/mol. The maximum Gasteiger partial charge on any atom is 0.235 e. The minimum Gasteiger partial charge on any atom is -0.369 e. The predicted octanol–water partition coefficient (Wildman–Crippen LogP) is -1.67. The maximum absolute atomic E-state index is 10.8. The van der Waals surface area contributed by atoms with E-state index < -0.39 is 23.8 Å². The average molecular weight is 171 g/mol. The van der Waals surface area contributed by atoms with Crippen LogP contribution in [0.15, 0.2) is 0 Å². The summed E-state index contributed by atoms with van der Waals surface area (Å²) in [6.07, 6.45) is 1.51. The molecule has 1 saturated heterocycles. The number of piperidine rings is 1. The minimum absolute atomic E-state index is 0.434. The molecule has 68 valence electrons. The third-order valence-corrected chi connectivity index (χ3v) is 2.13. The standard InChI is InChI=1S/C7H13N3O2/c8-6(11)4-2-1-3-10-5(4)7(9)12/h4-5,10H,1-3H2,(H2,8,11)(H2,9,12)/t4-,5-/m0/s1. The summed E-state index contributed by atoms with van der Waals surface area (Å²) in [5.41, 5.74) is 10.2. The number of nitrogens with one attached hydrogen (secondary N) is 1. The molecular formula is C7H13N3O2. The van der Waals surface area contributed by atoms with Crippen LogP contribution in [-0.4, -0.2) is 24.4 Å². The van der Waals surface area contributed by atoms with Gasteiger partial charge in [0.2, 0.25) is 11.8 Å². The number of nitrogens with two attached hydrogens (primary N) is 2. The van der Waals surface area contributed by atoms with Gasteiger partial charge in [0.25, 0.3) is 0 Å². The van der Waals surface area contributed by atoms with Crippen LogP contribution < -0.4 is 16.8 Å². The van der Waals surface area contributed by atoms with Gasteiger partial charge in [-0.3, -0.25) is 9.59 Å². The summed E-state index contributed by atoms with van der Waals surface area (Å²) in [5, 5.41) is 2.87. The Balaban J connectivity index is 2.67. The van der Waals surface area contributed by atoms with Crippen LogP contribution >= 0.6 is 0 Å². The maximum atomic E-state index is 10.8. The molecule has 0 aromatic carbocycles. The summed E-state index contributed by atoms with van der Waals surface area (Å²) >= 11 is 0. The Bertz CT molecular complexity index is 183. The molecule has 0 bridgehead atoms. The van der Waals surface area contributed by atoms with Gasteiger partial charge < -0.3 is 16.8 Å². The molecule has 0 radical (unpaired) electrons. The van der Waals surface area contributed by atoms with E-state index in [1.165, 1.54) is 0 Å². The van der Waals surface area contributed by atoms with Crippen molar-refractivity contribution in [1.82, 2.24) is 5.32 Å². The van der Waals surface area contributed by atoms with E-state index in [2.05, 4.69) is 5.32 Å². The molecule has 0 unspecified atom stereocenters. The Labute approximate surface area is 70.5 Å². The molecule has 0 aromatic rings. The van der Waals surface area contributed by atoms with E-state index in [1.807, 2.05) is 0 Å². The second kappa shape index (κ2) is 3.53. The number of carbonyl (C=O) groups excluding carboxylic acids is 2. The molecule has 5 heteroatoms. The lowest BCUT2D eigenvalue weighted by atomic mass is 9.90. The lowest BCUT2D eigenvalue weighted by molar-refractivity contribution is -0.130. The van der Waals surface area contributed by atoms with Gasteiger partial charge in [0, 0.05) is 0 Å². The van der Waals surface area contributed by atoms with Gasteiger partial charge in [-0.2, -0.15) is 0 Å². The van der Waals surface area contributed by atoms with Gasteiger partial charge >= 0.3 is 0 Å². The lowest BCUT2D eigenvalue weighted by Crippen LogP contribution is -2.53. The number of hydrogen-bond donors (Lipinski definition) is 3. The monoisotopic (exact) mass is 171 g/mol. The van der Waals surface area contributed by atoms with Crippen molar-refractivity contribution < 1.29 is 9.59 Å². The summed E-state index contributed by atoms with van der Waals surface area (Å²) < 4.78 is 0. The van der Waals surface area contributed by atoms with E-state index in [9.17, 15) is 9.59 Å². The first-order chi connectivity index (χ1) is 5.63. The van der Waals surface area contributed by atoms with Crippen LogP contribution in [0.3, 0.4) is 0 Å². The molecule has 0 saturated carbocycles. The Morgan fingerprint density at radius 3 is 2.33 bits per heavy atom. The molecule has 1 rings (SSSR count). The summed E-state index contributed by atoms with van der Waals surface area (Å²) in [7, 11) is 0. The first kappa shape index (κ1) is 8.99. The van der Waals surface area contributed by atoms with Crippen molar-refractivity contribution in [3.8, 4) is 0 Å². The second-order valence-electron chi connectivity index (χ2n) is 2.99. The SMILES string of the molecule is NC(=O)[C@H]1CCCN[C@@H]1C(N)=O. The Morgan fingerprint density at radius 2 is 1.92 bits per heavy atom. The van der Waals surface area contributed by atoms with Gasteiger partial charge in [-0.15, -0.1) is 0 Å². The third kappa shape index (κ3) is 1.73. The van der Waals surface area contributed by atoms with Gasteiger partial charge in [0.05, 0.1) is 12.0 Å². The highest BCUT2D eigenvalue weighted by molar-refractivity contribution is 5.88. The quantitative estimate of drug-likeness (QED) is 0.463. The summed E-state index contributed by atoms with van der Waals surface area (Å²) in [5.74, 6) is -1.39. The molecule has 1 aliphatic rings. The molecule has 1 aliphatic heterocycles. The van der Waals surface area contributed by atoms with Crippen LogP contribution in [0.25, 0.3) is 0 Å². The fourth-order valence-corrected chi connectivity index (χ4v) is 1.49. The van der Waals surface area contributed by atoms with Crippen molar-refractivity contribution in [2.45, 2.75) is 18.9 Å². The van der Waals surface area contributed by atoms with Crippen molar-refractivity contribution >= 4 is 11.8 Å². The molecule has 1 heterocycles. The Kier molecular flexibility index (Phi) is 2.65. The van der Waals surface area contributed by atoms with Crippen LogP contribution in [0.1, 0.15) is 12.8 Å².